The fourth-order valence-corrected chi connectivity index (χ4v) is 3.01. The molecule has 1 aromatic carbocycles. The number of para-hydroxylation sites is 1. The Morgan fingerprint density at radius 3 is 2.78 bits per heavy atom. The molecule has 1 aliphatic rings. The summed E-state index contributed by atoms with van der Waals surface area (Å²) in [5.74, 6) is 1.06. The Bertz CT molecular complexity index is 645. The number of guanidine groups is 1. The molecule has 0 saturated carbocycles. The van der Waals surface area contributed by atoms with E-state index in [9.17, 15) is 0 Å². The van der Waals surface area contributed by atoms with E-state index in [4.69, 9.17) is 4.99 Å². The number of rotatable bonds is 4. The summed E-state index contributed by atoms with van der Waals surface area (Å²) >= 11 is 0. The Balaban J connectivity index is 0.00000192. The van der Waals surface area contributed by atoms with Gasteiger partial charge in [0.25, 0.3) is 0 Å². The number of pyridine rings is 1. The standard InChI is InChI=1S/C18H24N4.HI/c1-2-19-18(22-13-3-4-14-22)21-12-10-16-8-5-7-15-9-6-11-20-17(15)16;/h5-9,11H,2-4,10,12-14H2,1H3,(H,19,21);1H. The van der Waals surface area contributed by atoms with Crippen molar-refractivity contribution in [1.82, 2.24) is 15.2 Å². The highest BCUT2D eigenvalue weighted by atomic mass is 127. The molecule has 0 bridgehead atoms. The lowest BCUT2D eigenvalue weighted by Gasteiger charge is -2.20. The van der Waals surface area contributed by atoms with Crippen LogP contribution in [0, 0.1) is 0 Å². The molecule has 0 unspecified atom stereocenters. The van der Waals surface area contributed by atoms with Crippen LogP contribution >= 0.6 is 24.0 Å². The minimum absolute atomic E-state index is 0. The molecule has 0 atom stereocenters. The van der Waals surface area contributed by atoms with Gasteiger partial charge in [0, 0.05) is 37.8 Å². The maximum atomic E-state index is 4.80. The molecule has 0 radical (unpaired) electrons. The summed E-state index contributed by atoms with van der Waals surface area (Å²) in [6, 6.07) is 10.5. The van der Waals surface area contributed by atoms with Crippen LogP contribution in [0.2, 0.25) is 0 Å². The molecule has 1 fully saturated rings. The minimum atomic E-state index is 0. The van der Waals surface area contributed by atoms with E-state index in [0.29, 0.717) is 0 Å². The van der Waals surface area contributed by atoms with E-state index in [2.05, 4.69) is 46.4 Å². The normalized spacial score (nSPS) is 14.8. The zero-order valence-electron chi connectivity index (χ0n) is 13.7. The second-order valence-corrected chi connectivity index (χ2v) is 5.67. The highest BCUT2D eigenvalue weighted by Crippen LogP contribution is 2.16. The Kier molecular flexibility index (Phi) is 7.08. The number of halogens is 1. The summed E-state index contributed by atoms with van der Waals surface area (Å²) in [6.45, 7) is 6.10. The van der Waals surface area contributed by atoms with E-state index in [0.717, 1.165) is 44.1 Å². The van der Waals surface area contributed by atoms with E-state index in [1.807, 2.05) is 12.3 Å². The van der Waals surface area contributed by atoms with Crippen LogP contribution in [0.5, 0.6) is 0 Å². The van der Waals surface area contributed by atoms with Gasteiger partial charge in [0.2, 0.25) is 0 Å². The maximum absolute atomic E-state index is 4.80. The van der Waals surface area contributed by atoms with Gasteiger partial charge in [-0.3, -0.25) is 9.98 Å². The van der Waals surface area contributed by atoms with E-state index >= 15 is 0 Å². The molecule has 2 aromatic rings. The summed E-state index contributed by atoms with van der Waals surface area (Å²) < 4.78 is 0. The first kappa shape index (κ1) is 18.0. The van der Waals surface area contributed by atoms with Crippen LogP contribution in [0.3, 0.4) is 0 Å². The predicted molar refractivity (Wildman–Crippen MR) is 108 cm³/mol. The van der Waals surface area contributed by atoms with E-state index in [1.165, 1.54) is 23.8 Å². The average Bonchev–Trinajstić information content (AvgIpc) is 3.08. The number of nitrogens with one attached hydrogen (secondary N) is 1. The van der Waals surface area contributed by atoms with Crippen LogP contribution < -0.4 is 5.32 Å². The number of hydrogen-bond donors (Lipinski definition) is 1. The molecule has 5 heteroatoms. The summed E-state index contributed by atoms with van der Waals surface area (Å²) in [6.07, 6.45) is 5.34. The molecule has 0 aliphatic carbocycles. The molecule has 1 saturated heterocycles. The molecule has 1 aliphatic heterocycles. The number of hydrogen-bond acceptors (Lipinski definition) is 2. The Hall–Kier alpha value is -1.37. The van der Waals surface area contributed by atoms with Gasteiger partial charge < -0.3 is 10.2 Å². The van der Waals surface area contributed by atoms with Crippen molar-refractivity contribution in [3.63, 3.8) is 0 Å². The quantitative estimate of drug-likeness (QED) is 0.465. The van der Waals surface area contributed by atoms with Crippen LogP contribution in [0.15, 0.2) is 41.5 Å². The number of nitrogens with zero attached hydrogens (tertiary/aromatic N) is 3. The third-order valence-electron chi connectivity index (χ3n) is 4.10. The molecule has 1 aromatic heterocycles. The molecule has 4 nitrogen and oxygen atoms in total. The number of benzene rings is 1. The van der Waals surface area contributed by atoms with Gasteiger partial charge in [0.15, 0.2) is 5.96 Å². The molecule has 0 spiro atoms. The fourth-order valence-electron chi connectivity index (χ4n) is 3.01. The molecule has 1 N–H and O–H groups in total. The lowest BCUT2D eigenvalue weighted by atomic mass is 10.1. The maximum Gasteiger partial charge on any atom is 0.193 e. The van der Waals surface area contributed by atoms with Gasteiger partial charge in [0.05, 0.1) is 5.52 Å². The Labute approximate surface area is 155 Å². The van der Waals surface area contributed by atoms with Crippen LogP contribution in [0.25, 0.3) is 10.9 Å². The lowest BCUT2D eigenvalue weighted by Crippen LogP contribution is -2.39. The molecule has 2 heterocycles. The van der Waals surface area contributed by atoms with Crippen molar-refractivity contribution < 1.29 is 0 Å². The number of aromatic nitrogens is 1. The van der Waals surface area contributed by atoms with Gasteiger partial charge >= 0.3 is 0 Å². The summed E-state index contributed by atoms with van der Waals surface area (Å²) in [7, 11) is 0. The predicted octanol–water partition coefficient (Wildman–Crippen LogP) is 3.46. The number of likely N-dealkylation sites (tertiary alicyclic amines) is 1. The lowest BCUT2D eigenvalue weighted by molar-refractivity contribution is 0.494. The topological polar surface area (TPSA) is 40.5 Å². The zero-order valence-corrected chi connectivity index (χ0v) is 16.0. The van der Waals surface area contributed by atoms with Crippen molar-refractivity contribution in [2.24, 2.45) is 4.99 Å². The van der Waals surface area contributed by atoms with Crippen LogP contribution in [0.4, 0.5) is 0 Å². The first-order chi connectivity index (χ1) is 10.9. The van der Waals surface area contributed by atoms with Gasteiger partial charge in [-0.25, -0.2) is 0 Å². The highest BCUT2D eigenvalue weighted by Gasteiger charge is 2.15. The second-order valence-electron chi connectivity index (χ2n) is 5.67. The Morgan fingerprint density at radius 2 is 2.00 bits per heavy atom. The van der Waals surface area contributed by atoms with Crippen LogP contribution in [0.1, 0.15) is 25.3 Å². The molecular formula is C18H25IN4. The monoisotopic (exact) mass is 424 g/mol. The van der Waals surface area contributed by atoms with E-state index in [-0.39, 0.29) is 24.0 Å². The van der Waals surface area contributed by atoms with Crippen molar-refractivity contribution in [3.05, 3.63) is 42.1 Å². The van der Waals surface area contributed by atoms with Gasteiger partial charge in [-0.1, -0.05) is 24.3 Å². The number of aliphatic imine (C=N–C) groups is 1. The number of fused-ring (bicyclic) bond motifs is 1. The van der Waals surface area contributed by atoms with E-state index in [1.54, 1.807) is 0 Å². The zero-order chi connectivity index (χ0) is 15.2. The second kappa shape index (κ2) is 9.05. The molecule has 0 amide bonds. The largest absolute Gasteiger partial charge is 0.357 e. The third kappa shape index (κ3) is 4.56. The van der Waals surface area contributed by atoms with Gasteiger partial charge in [-0.15, -0.1) is 24.0 Å². The fraction of sp³-hybridized carbons (Fsp3) is 0.444. The van der Waals surface area contributed by atoms with Crippen LogP contribution in [-0.2, 0) is 6.42 Å². The average molecular weight is 424 g/mol. The molecular weight excluding hydrogens is 399 g/mol. The van der Waals surface area contributed by atoms with Crippen molar-refractivity contribution >= 4 is 40.8 Å². The van der Waals surface area contributed by atoms with Crippen LogP contribution in [-0.4, -0.2) is 42.0 Å². The van der Waals surface area contributed by atoms with Gasteiger partial charge in [0.1, 0.15) is 0 Å². The van der Waals surface area contributed by atoms with Crippen molar-refractivity contribution in [2.75, 3.05) is 26.2 Å². The van der Waals surface area contributed by atoms with E-state index < -0.39 is 0 Å². The third-order valence-corrected chi connectivity index (χ3v) is 4.10. The SMILES string of the molecule is CCNC(=NCCc1cccc2cccnc12)N1CCCC1.I. The summed E-state index contributed by atoms with van der Waals surface area (Å²) in [5, 5.41) is 4.61. The summed E-state index contributed by atoms with van der Waals surface area (Å²) in [5.41, 5.74) is 2.38. The smallest absolute Gasteiger partial charge is 0.193 e. The first-order valence-corrected chi connectivity index (χ1v) is 8.24. The minimum Gasteiger partial charge on any atom is -0.357 e. The van der Waals surface area contributed by atoms with Crippen molar-refractivity contribution in [2.45, 2.75) is 26.2 Å². The van der Waals surface area contributed by atoms with Crippen molar-refractivity contribution in [1.29, 1.82) is 0 Å². The highest BCUT2D eigenvalue weighted by molar-refractivity contribution is 14.0. The Morgan fingerprint density at radius 1 is 1.22 bits per heavy atom. The molecule has 23 heavy (non-hydrogen) atoms. The van der Waals surface area contributed by atoms with Crippen molar-refractivity contribution in [3.8, 4) is 0 Å². The van der Waals surface area contributed by atoms with Gasteiger partial charge in [-0.05, 0) is 37.8 Å². The first-order valence-electron chi connectivity index (χ1n) is 8.24. The molecule has 124 valence electrons. The van der Waals surface area contributed by atoms with Gasteiger partial charge in [-0.2, -0.15) is 0 Å². The summed E-state index contributed by atoms with van der Waals surface area (Å²) in [4.78, 5) is 11.7. The molecule has 3 rings (SSSR count).